The van der Waals surface area contributed by atoms with Gasteiger partial charge in [0.25, 0.3) is 0 Å². The van der Waals surface area contributed by atoms with Gasteiger partial charge in [-0.1, -0.05) is 42.0 Å². The highest BCUT2D eigenvalue weighted by atomic mass is 19.1. The average Bonchev–Trinajstić information content (AvgIpc) is 2.63. The van der Waals surface area contributed by atoms with Gasteiger partial charge in [0.05, 0.1) is 0 Å². The van der Waals surface area contributed by atoms with E-state index in [0.717, 1.165) is 33.2 Å². The number of halogens is 1. The summed E-state index contributed by atoms with van der Waals surface area (Å²) in [6.07, 6.45) is 3.11. The van der Waals surface area contributed by atoms with Gasteiger partial charge in [0.1, 0.15) is 23.4 Å². The molecule has 3 nitrogen and oxygen atoms in total. The number of benzene rings is 3. The van der Waals surface area contributed by atoms with Crippen LogP contribution in [0.3, 0.4) is 0 Å². The van der Waals surface area contributed by atoms with E-state index < -0.39 is 0 Å². The number of nitrogens with zero attached hydrogens (tertiary/aromatic N) is 2. The van der Waals surface area contributed by atoms with E-state index in [0.29, 0.717) is 5.52 Å². The molecule has 0 radical (unpaired) electrons. The second-order valence-corrected chi connectivity index (χ2v) is 5.98. The first-order valence-corrected chi connectivity index (χ1v) is 7.92. The van der Waals surface area contributed by atoms with Gasteiger partial charge >= 0.3 is 0 Å². The fourth-order valence-electron chi connectivity index (χ4n) is 3.03. The molecule has 0 aliphatic rings. The van der Waals surface area contributed by atoms with E-state index in [4.69, 9.17) is 0 Å². The van der Waals surface area contributed by atoms with Crippen LogP contribution in [0, 0.1) is 12.7 Å². The third kappa shape index (κ3) is 2.72. The standard InChI is InChI=1S/C21H15FN2O/c1-13-2-4-15(5-3-13)20-17(14-6-8-16(22)9-7-14)10-19(25)21-18(20)11-23-12-24-21/h2-12,25H,1H3. The lowest BCUT2D eigenvalue weighted by molar-refractivity contribution is 0.480. The van der Waals surface area contributed by atoms with Crippen molar-refractivity contribution < 1.29 is 9.50 Å². The predicted molar refractivity (Wildman–Crippen MR) is 96.8 cm³/mol. The van der Waals surface area contributed by atoms with Crippen molar-refractivity contribution in [3.63, 3.8) is 0 Å². The Bertz CT molecular complexity index is 1060. The molecule has 0 spiro atoms. The zero-order valence-corrected chi connectivity index (χ0v) is 13.6. The first-order chi connectivity index (χ1) is 12.1. The van der Waals surface area contributed by atoms with Gasteiger partial charge in [-0.05, 0) is 41.8 Å². The first kappa shape index (κ1) is 15.3. The van der Waals surface area contributed by atoms with Crippen LogP contribution in [0.2, 0.25) is 0 Å². The Morgan fingerprint density at radius 3 is 2.32 bits per heavy atom. The Hall–Kier alpha value is -3.27. The molecule has 0 aliphatic heterocycles. The van der Waals surface area contributed by atoms with Gasteiger partial charge in [0, 0.05) is 17.1 Å². The summed E-state index contributed by atoms with van der Waals surface area (Å²) in [4.78, 5) is 8.34. The lowest BCUT2D eigenvalue weighted by atomic mass is 9.91. The molecule has 0 fully saturated rings. The fourth-order valence-corrected chi connectivity index (χ4v) is 3.03. The number of aryl methyl sites for hydroxylation is 1. The summed E-state index contributed by atoms with van der Waals surface area (Å²) in [6.45, 7) is 2.03. The molecule has 0 unspecified atom stereocenters. The number of hydrogen-bond acceptors (Lipinski definition) is 3. The van der Waals surface area contributed by atoms with Crippen LogP contribution in [0.25, 0.3) is 33.2 Å². The Balaban J connectivity index is 2.09. The van der Waals surface area contributed by atoms with E-state index in [1.165, 1.54) is 18.5 Å². The summed E-state index contributed by atoms with van der Waals surface area (Å²) in [6, 6.07) is 16.0. The largest absolute Gasteiger partial charge is 0.506 e. The molecular formula is C21H15FN2O. The first-order valence-electron chi connectivity index (χ1n) is 7.92. The minimum atomic E-state index is -0.297. The SMILES string of the molecule is Cc1ccc(-c2c(-c3ccc(F)cc3)cc(O)c3ncncc23)cc1. The van der Waals surface area contributed by atoms with Crippen LogP contribution in [0.1, 0.15) is 5.56 Å². The molecule has 3 aromatic carbocycles. The molecule has 0 bridgehead atoms. The van der Waals surface area contributed by atoms with Gasteiger partial charge in [-0.25, -0.2) is 14.4 Å². The molecule has 4 heteroatoms. The summed E-state index contributed by atoms with van der Waals surface area (Å²) in [5.41, 5.74) is 5.19. The highest BCUT2D eigenvalue weighted by Crippen LogP contribution is 2.41. The monoisotopic (exact) mass is 330 g/mol. The van der Waals surface area contributed by atoms with Gasteiger partial charge in [-0.3, -0.25) is 0 Å². The number of aromatic hydroxyl groups is 1. The minimum Gasteiger partial charge on any atom is -0.506 e. The summed E-state index contributed by atoms with van der Waals surface area (Å²) >= 11 is 0. The van der Waals surface area contributed by atoms with Gasteiger partial charge < -0.3 is 5.11 Å². The van der Waals surface area contributed by atoms with Crippen LogP contribution in [-0.4, -0.2) is 15.1 Å². The summed E-state index contributed by atoms with van der Waals surface area (Å²) in [7, 11) is 0. The van der Waals surface area contributed by atoms with E-state index >= 15 is 0 Å². The van der Waals surface area contributed by atoms with E-state index in [-0.39, 0.29) is 11.6 Å². The summed E-state index contributed by atoms with van der Waals surface area (Å²) < 4.78 is 13.3. The number of phenols is 1. The average molecular weight is 330 g/mol. The van der Waals surface area contributed by atoms with Crippen molar-refractivity contribution in [1.82, 2.24) is 9.97 Å². The smallest absolute Gasteiger partial charge is 0.142 e. The molecule has 122 valence electrons. The van der Waals surface area contributed by atoms with Gasteiger partial charge in [0.15, 0.2) is 0 Å². The normalized spacial score (nSPS) is 11.0. The van der Waals surface area contributed by atoms with Crippen LogP contribution in [0.5, 0.6) is 5.75 Å². The number of rotatable bonds is 2. The van der Waals surface area contributed by atoms with Crippen molar-refractivity contribution in [1.29, 1.82) is 0 Å². The zero-order valence-electron chi connectivity index (χ0n) is 13.6. The molecular weight excluding hydrogens is 315 g/mol. The maximum atomic E-state index is 13.3. The van der Waals surface area contributed by atoms with Crippen molar-refractivity contribution >= 4 is 10.9 Å². The topological polar surface area (TPSA) is 46.0 Å². The second-order valence-electron chi connectivity index (χ2n) is 5.98. The maximum Gasteiger partial charge on any atom is 0.142 e. The summed E-state index contributed by atoms with van der Waals surface area (Å²) in [5.74, 6) is -0.221. The molecule has 0 atom stereocenters. The molecule has 0 aliphatic carbocycles. The molecule has 4 aromatic rings. The van der Waals surface area contributed by atoms with Gasteiger partial charge in [-0.2, -0.15) is 0 Å². The van der Waals surface area contributed by atoms with E-state index in [9.17, 15) is 9.50 Å². The highest BCUT2D eigenvalue weighted by Gasteiger charge is 2.16. The van der Waals surface area contributed by atoms with Crippen molar-refractivity contribution in [2.24, 2.45) is 0 Å². The van der Waals surface area contributed by atoms with Crippen molar-refractivity contribution in [3.05, 3.63) is 78.5 Å². The highest BCUT2D eigenvalue weighted by molar-refractivity contribution is 6.04. The van der Waals surface area contributed by atoms with E-state index in [1.54, 1.807) is 24.4 Å². The Kier molecular flexibility index (Phi) is 3.65. The van der Waals surface area contributed by atoms with Crippen LogP contribution in [-0.2, 0) is 0 Å². The van der Waals surface area contributed by atoms with Crippen molar-refractivity contribution in [3.8, 4) is 28.0 Å². The van der Waals surface area contributed by atoms with E-state index in [1.807, 2.05) is 31.2 Å². The second kappa shape index (κ2) is 5.98. The molecule has 1 N–H and O–H groups in total. The predicted octanol–water partition coefficient (Wildman–Crippen LogP) is 5.12. The van der Waals surface area contributed by atoms with Crippen molar-refractivity contribution in [2.75, 3.05) is 0 Å². The molecule has 1 aromatic heterocycles. The number of aromatic nitrogens is 2. The number of hydrogen-bond donors (Lipinski definition) is 1. The lowest BCUT2D eigenvalue weighted by Crippen LogP contribution is -1.92. The molecule has 0 saturated carbocycles. The number of phenolic OH excluding ortho intramolecular Hbond substituents is 1. The van der Waals surface area contributed by atoms with Crippen LogP contribution in [0.4, 0.5) is 4.39 Å². The molecule has 4 rings (SSSR count). The molecule has 0 amide bonds. The quantitative estimate of drug-likeness (QED) is 0.555. The molecule has 1 heterocycles. The summed E-state index contributed by atoms with van der Waals surface area (Å²) in [5, 5.41) is 11.2. The Labute approximate surface area is 144 Å². The van der Waals surface area contributed by atoms with E-state index in [2.05, 4.69) is 9.97 Å². The van der Waals surface area contributed by atoms with Gasteiger partial charge in [-0.15, -0.1) is 0 Å². The lowest BCUT2D eigenvalue weighted by Gasteiger charge is -2.15. The van der Waals surface area contributed by atoms with Crippen molar-refractivity contribution in [2.45, 2.75) is 6.92 Å². The Morgan fingerprint density at radius 1 is 0.920 bits per heavy atom. The maximum absolute atomic E-state index is 13.3. The molecule has 0 saturated heterocycles. The number of fused-ring (bicyclic) bond motifs is 1. The Morgan fingerprint density at radius 2 is 1.60 bits per heavy atom. The van der Waals surface area contributed by atoms with Crippen LogP contribution >= 0.6 is 0 Å². The third-order valence-electron chi connectivity index (χ3n) is 4.27. The van der Waals surface area contributed by atoms with Crippen LogP contribution < -0.4 is 0 Å². The van der Waals surface area contributed by atoms with Gasteiger partial charge in [0.2, 0.25) is 0 Å². The molecule has 25 heavy (non-hydrogen) atoms. The third-order valence-corrected chi connectivity index (χ3v) is 4.27. The minimum absolute atomic E-state index is 0.0765. The fraction of sp³-hybridized carbons (Fsp3) is 0.0476. The van der Waals surface area contributed by atoms with Crippen LogP contribution in [0.15, 0.2) is 67.1 Å². The zero-order chi connectivity index (χ0) is 17.4.